The minimum Gasteiger partial charge on any atom is -0.489 e. The second-order valence-corrected chi connectivity index (χ2v) is 11.8. The molecule has 1 aromatic carbocycles. The van der Waals surface area contributed by atoms with Crippen LogP contribution in [0.2, 0.25) is 10.0 Å². The molecule has 2 heterocycles. The number of hydrogen-bond acceptors (Lipinski definition) is 8. The van der Waals surface area contributed by atoms with Gasteiger partial charge in [-0.3, -0.25) is 9.78 Å². The number of pyridine rings is 1. The van der Waals surface area contributed by atoms with Gasteiger partial charge in [0, 0.05) is 30.1 Å². The van der Waals surface area contributed by atoms with Crippen molar-refractivity contribution >= 4 is 35.2 Å². The van der Waals surface area contributed by atoms with Crippen molar-refractivity contribution < 1.29 is 37.0 Å². The minimum atomic E-state index is -3.06. The molecular weight excluding hydrogens is 597 g/mol. The molecule has 0 radical (unpaired) electrons. The zero-order valence-corrected chi connectivity index (χ0v) is 24.6. The third-order valence-electron chi connectivity index (χ3n) is 6.17. The monoisotopic (exact) mass is 626 g/mol. The molecule has 0 spiro atoms. The lowest BCUT2D eigenvalue weighted by molar-refractivity contribution is -0.0515. The molecule has 0 bridgehead atoms. The van der Waals surface area contributed by atoms with Gasteiger partial charge in [0.25, 0.3) is 5.91 Å². The first-order chi connectivity index (χ1) is 19.8. The molecule has 10 nitrogen and oxygen atoms in total. The van der Waals surface area contributed by atoms with Gasteiger partial charge < -0.3 is 29.7 Å². The number of carbonyl (C=O) groups excluding carboxylic acids is 2. The molecular formula is C28H30Cl2F2N4O6. The van der Waals surface area contributed by atoms with Gasteiger partial charge in [0.05, 0.1) is 16.7 Å². The first kappa shape index (κ1) is 31.3. The number of aromatic nitrogens is 2. The first-order valence-corrected chi connectivity index (χ1v) is 13.8. The van der Waals surface area contributed by atoms with Crippen molar-refractivity contribution in [2.45, 2.75) is 59.3 Å². The van der Waals surface area contributed by atoms with Crippen LogP contribution in [0.3, 0.4) is 0 Å². The molecule has 0 saturated heterocycles. The van der Waals surface area contributed by atoms with Gasteiger partial charge in [-0.15, -0.1) is 0 Å². The predicted molar refractivity (Wildman–Crippen MR) is 150 cm³/mol. The predicted octanol–water partition coefficient (Wildman–Crippen LogP) is 6.94. The summed E-state index contributed by atoms with van der Waals surface area (Å²) in [4.78, 5) is 33.6. The molecule has 1 aliphatic carbocycles. The van der Waals surface area contributed by atoms with E-state index < -0.39 is 30.1 Å². The number of nitrogens with zero attached hydrogens (tertiary/aromatic N) is 2. The van der Waals surface area contributed by atoms with Crippen LogP contribution in [0.5, 0.6) is 11.5 Å². The van der Waals surface area contributed by atoms with Crippen molar-refractivity contribution in [3.8, 4) is 23.0 Å². The lowest BCUT2D eigenvalue weighted by Gasteiger charge is -2.24. The summed E-state index contributed by atoms with van der Waals surface area (Å²) >= 11 is 12.4. The SMILES string of the molecule is CC(C)(C)C[C@H](OC(N)=O)c1oc(-c2ccc(OC(F)F)c(OCC3CC3)c2)nc1C(=O)NCc1c(Cl)cncc1Cl. The van der Waals surface area contributed by atoms with Crippen LogP contribution in [0.4, 0.5) is 13.6 Å². The van der Waals surface area contributed by atoms with Crippen LogP contribution in [-0.4, -0.2) is 35.2 Å². The summed E-state index contributed by atoms with van der Waals surface area (Å²) in [6, 6.07) is 4.16. The number of primary amides is 1. The number of amides is 2. The molecule has 1 fully saturated rings. The zero-order valence-electron chi connectivity index (χ0n) is 23.1. The summed E-state index contributed by atoms with van der Waals surface area (Å²) in [5, 5.41) is 3.19. The summed E-state index contributed by atoms with van der Waals surface area (Å²) in [7, 11) is 0. The Bertz CT molecular complexity index is 1420. The fourth-order valence-corrected chi connectivity index (χ4v) is 4.52. The number of halogens is 4. The molecule has 1 aliphatic rings. The van der Waals surface area contributed by atoms with Crippen LogP contribution in [0.25, 0.3) is 11.5 Å². The molecule has 226 valence electrons. The van der Waals surface area contributed by atoms with Gasteiger partial charge >= 0.3 is 12.7 Å². The number of carbonyl (C=O) groups is 2. The van der Waals surface area contributed by atoms with E-state index in [2.05, 4.69) is 20.0 Å². The second-order valence-electron chi connectivity index (χ2n) is 11.0. The summed E-state index contributed by atoms with van der Waals surface area (Å²) in [5.41, 5.74) is 5.50. The molecule has 1 atom stereocenters. The number of oxazole rings is 1. The Kier molecular flexibility index (Phi) is 9.78. The molecule has 42 heavy (non-hydrogen) atoms. The Morgan fingerprint density at radius 1 is 1.17 bits per heavy atom. The Morgan fingerprint density at radius 2 is 1.86 bits per heavy atom. The van der Waals surface area contributed by atoms with Gasteiger partial charge in [-0.05, 0) is 48.8 Å². The molecule has 14 heteroatoms. The number of alkyl halides is 2. The highest BCUT2D eigenvalue weighted by Crippen LogP contribution is 2.39. The van der Waals surface area contributed by atoms with Crippen LogP contribution in [-0.2, 0) is 11.3 Å². The Balaban J connectivity index is 1.73. The maximum atomic E-state index is 13.5. The van der Waals surface area contributed by atoms with Crippen LogP contribution in [0.1, 0.15) is 67.9 Å². The van der Waals surface area contributed by atoms with Crippen molar-refractivity contribution in [1.29, 1.82) is 0 Å². The number of ether oxygens (including phenoxy) is 3. The lowest BCUT2D eigenvalue weighted by atomic mass is 9.88. The smallest absolute Gasteiger partial charge is 0.405 e. The van der Waals surface area contributed by atoms with E-state index in [1.54, 1.807) is 0 Å². The van der Waals surface area contributed by atoms with Gasteiger partial charge in [-0.2, -0.15) is 8.78 Å². The molecule has 2 aromatic heterocycles. The van der Waals surface area contributed by atoms with Crippen molar-refractivity contribution in [3.63, 3.8) is 0 Å². The average molecular weight is 627 g/mol. The largest absolute Gasteiger partial charge is 0.489 e. The molecule has 3 aromatic rings. The topological polar surface area (TPSA) is 139 Å². The Labute approximate surface area is 250 Å². The average Bonchev–Trinajstić information content (AvgIpc) is 3.61. The standard InChI is InChI=1S/C28H30Cl2F2N4O6/c1-28(2,3)9-21(41-27(33)38)23-22(24(37)35-10-16-17(29)11-34-12-18(16)30)36-25(42-23)15-6-7-19(40-26(31)32)20(8-15)39-13-14-4-5-14/h6-8,11-12,14,21,26H,4-5,9-10,13H2,1-3H3,(H2,33,38)(H,35,37)/t21-/m0/s1. The van der Waals surface area contributed by atoms with Gasteiger partial charge in [0.2, 0.25) is 5.89 Å². The molecule has 1 saturated carbocycles. The van der Waals surface area contributed by atoms with Crippen LogP contribution in [0.15, 0.2) is 35.0 Å². The highest BCUT2D eigenvalue weighted by Gasteiger charge is 2.33. The van der Waals surface area contributed by atoms with E-state index in [1.165, 1.54) is 30.6 Å². The molecule has 3 N–H and O–H groups in total. The number of hydrogen-bond donors (Lipinski definition) is 2. The maximum Gasteiger partial charge on any atom is 0.405 e. The highest BCUT2D eigenvalue weighted by atomic mass is 35.5. The van der Waals surface area contributed by atoms with E-state index in [0.29, 0.717) is 23.7 Å². The number of nitrogens with two attached hydrogens (primary N) is 1. The normalized spacial score (nSPS) is 14.0. The third-order valence-corrected chi connectivity index (χ3v) is 6.82. The number of nitrogens with one attached hydrogen (secondary N) is 1. The number of benzene rings is 1. The molecule has 0 aliphatic heterocycles. The summed E-state index contributed by atoms with van der Waals surface area (Å²) < 4.78 is 47.8. The fourth-order valence-electron chi connectivity index (χ4n) is 4.02. The minimum absolute atomic E-state index is 0.0537. The fraction of sp³-hybridized carbons (Fsp3) is 0.429. The van der Waals surface area contributed by atoms with Crippen molar-refractivity contribution in [3.05, 3.63) is 57.7 Å². The van der Waals surface area contributed by atoms with Gasteiger partial charge in [-0.1, -0.05) is 44.0 Å². The Morgan fingerprint density at radius 3 is 2.45 bits per heavy atom. The second kappa shape index (κ2) is 13.1. The van der Waals surface area contributed by atoms with E-state index in [4.69, 9.17) is 42.8 Å². The van der Waals surface area contributed by atoms with Crippen molar-refractivity contribution in [1.82, 2.24) is 15.3 Å². The highest BCUT2D eigenvalue weighted by molar-refractivity contribution is 6.35. The van der Waals surface area contributed by atoms with Crippen LogP contribution < -0.4 is 20.5 Å². The van der Waals surface area contributed by atoms with E-state index in [0.717, 1.165) is 12.8 Å². The zero-order chi connectivity index (χ0) is 30.6. The molecule has 2 amide bonds. The van der Waals surface area contributed by atoms with E-state index >= 15 is 0 Å². The van der Waals surface area contributed by atoms with Crippen molar-refractivity contribution in [2.24, 2.45) is 17.1 Å². The van der Waals surface area contributed by atoms with Crippen LogP contribution in [0, 0.1) is 11.3 Å². The van der Waals surface area contributed by atoms with Crippen molar-refractivity contribution in [2.75, 3.05) is 6.61 Å². The van der Waals surface area contributed by atoms with Gasteiger partial charge in [0.1, 0.15) is 0 Å². The maximum absolute atomic E-state index is 13.5. The quantitative estimate of drug-likeness (QED) is 0.220. The van der Waals surface area contributed by atoms with E-state index in [9.17, 15) is 18.4 Å². The molecule has 0 unspecified atom stereocenters. The summed E-state index contributed by atoms with van der Waals surface area (Å²) in [6.07, 6.45) is 2.81. The number of rotatable bonds is 12. The van der Waals surface area contributed by atoms with Gasteiger partial charge in [0.15, 0.2) is 29.1 Å². The van der Waals surface area contributed by atoms with Gasteiger partial charge in [-0.25, -0.2) is 9.78 Å². The third kappa shape index (κ3) is 8.45. The van der Waals surface area contributed by atoms with E-state index in [1.807, 2.05) is 20.8 Å². The van der Waals surface area contributed by atoms with Crippen LogP contribution >= 0.6 is 23.2 Å². The van der Waals surface area contributed by atoms with E-state index in [-0.39, 0.29) is 51.9 Å². The summed E-state index contributed by atoms with van der Waals surface area (Å²) in [6.45, 7) is 2.91. The Hall–Kier alpha value is -3.64. The summed E-state index contributed by atoms with van der Waals surface area (Å²) in [5.74, 6) is -0.555. The first-order valence-electron chi connectivity index (χ1n) is 13.1. The molecule has 4 rings (SSSR count). The lowest BCUT2D eigenvalue weighted by Crippen LogP contribution is -2.27.